The molecule has 6 heteroatoms. The van der Waals surface area contributed by atoms with E-state index in [4.69, 9.17) is 10.6 Å². The van der Waals surface area contributed by atoms with Crippen LogP contribution in [-0.2, 0) is 11.2 Å². The first-order valence-corrected chi connectivity index (χ1v) is 7.27. The van der Waals surface area contributed by atoms with Crippen LogP contribution in [0.25, 0.3) is 0 Å². The second kappa shape index (κ2) is 8.59. The molecule has 6 nitrogen and oxygen atoms in total. The molecule has 0 fully saturated rings. The average molecular weight is 294 g/mol. The maximum atomic E-state index is 12.7. The number of hydrogen-bond acceptors (Lipinski definition) is 5. The third-order valence-electron chi connectivity index (χ3n) is 3.07. The Morgan fingerprint density at radius 2 is 2.19 bits per heavy atom. The van der Waals surface area contributed by atoms with E-state index in [1.54, 1.807) is 13.2 Å². The highest BCUT2D eigenvalue weighted by Crippen LogP contribution is 2.14. The molecule has 0 aromatic carbocycles. The minimum absolute atomic E-state index is 0.0191. The van der Waals surface area contributed by atoms with Crippen molar-refractivity contribution in [3.63, 3.8) is 0 Å². The predicted molar refractivity (Wildman–Crippen MR) is 84.0 cm³/mol. The van der Waals surface area contributed by atoms with Crippen molar-refractivity contribution < 1.29 is 9.53 Å². The van der Waals surface area contributed by atoms with Crippen LogP contribution in [0, 0.1) is 5.92 Å². The summed E-state index contributed by atoms with van der Waals surface area (Å²) in [5.41, 5.74) is 3.95. The summed E-state index contributed by atoms with van der Waals surface area (Å²) in [5, 5.41) is 0. The topological polar surface area (TPSA) is 80.5 Å². The Labute approximate surface area is 126 Å². The number of methoxy groups -OCH3 is 1. The molecule has 0 aliphatic carbocycles. The Morgan fingerprint density at radius 1 is 1.48 bits per heavy atom. The lowest BCUT2D eigenvalue weighted by atomic mass is 10.1. The van der Waals surface area contributed by atoms with Gasteiger partial charge in [-0.05, 0) is 24.5 Å². The fourth-order valence-corrected chi connectivity index (χ4v) is 2.07. The van der Waals surface area contributed by atoms with Gasteiger partial charge in [-0.2, -0.15) is 0 Å². The zero-order valence-electron chi connectivity index (χ0n) is 13.3. The molecular formula is C15H26N4O2. The highest BCUT2D eigenvalue weighted by molar-refractivity contribution is 5.95. The molecule has 1 amide bonds. The van der Waals surface area contributed by atoms with Gasteiger partial charge in [0.25, 0.3) is 5.91 Å². The summed E-state index contributed by atoms with van der Waals surface area (Å²) in [6.45, 7) is 7.95. The molecule has 0 saturated carbocycles. The van der Waals surface area contributed by atoms with E-state index in [2.05, 4.69) is 24.3 Å². The number of amides is 1. The van der Waals surface area contributed by atoms with E-state index in [0.29, 0.717) is 37.0 Å². The highest BCUT2D eigenvalue weighted by atomic mass is 16.5. The predicted octanol–water partition coefficient (Wildman–Crippen LogP) is 1.67. The van der Waals surface area contributed by atoms with Gasteiger partial charge in [0.2, 0.25) is 0 Å². The normalized spacial score (nSPS) is 10.8. The van der Waals surface area contributed by atoms with Crippen LogP contribution in [0.2, 0.25) is 0 Å². The Hall–Kier alpha value is -1.66. The van der Waals surface area contributed by atoms with Crippen molar-refractivity contribution in [3.8, 4) is 0 Å². The number of nitrogens with one attached hydrogen (secondary N) is 1. The standard InChI is InChI=1S/C15H26N4O2/c1-5-13-8-12(9-14(17-13)18-16)15(20)19(6-7-21-4)10-11(2)3/h8-9,11H,5-7,10,16H2,1-4H3,(H,17,18). The van der Waals surface area contributed by atoms with Gasteiger partial charge in [-0.25, -0.2) is 10.8 Å². The van der Waals surface area contributed by atoms with Crippen LogP contribution < -0.4 is 11.3 Å². The molecule has 1 aromatic heterocycles. The number of pyridine rings is 1. The minimum Gasteiger partial charge on any atom is -0.383 e. The van der Waals surface area contributed by atoms with E-state index in [9.17, 15) is 4.79 Å². The van der Waals surface area contributed by atoms with Crippen molar-refractivity contribution in [1.82, 2.24) is 9.88 Å². The van der Waals surface area contributed by atoms with Gasteiger partial charge in [-0.3, -0.25) is 4.79 Å². The number of aryl methyl sites for hydroxylation is 1. The van der Waals surface area contributed by atoms with Crippen molar-refractivity contribution in [2.45, 2.75) is 27.2 Å². The molecule has 0 bridgehead atoms. The molecular weight excluding hydrogens is 268 g/mol. The number of nitrogens with zero attached hydrogens (tertiary/aromatic N) is 2. The Balaban J connectivity index is 3.00. The first kappa shape index (κ1) is 17.4. The molecule has 0 aliphatic rings. The summed E-state index contributed by atoms with van der Waals surface area (Å²) < 4.78 is 5.09. The zero-order valence-corrected chi connectivity index (χ0v) is 13.3. The zero-order chi connectivity index (χ0) is 15.8. The molecule has 0 aliphatic heterocycles. The van der Waals surface area contributed by atoms with Crippen molar-refractivity contribution in [2.75, 3.05) is 32.2 Å². The quantitative estimate of drug-likeness (QED) is 0.563. The van der Waals surface area contributed by atoms with Crippen LogP contribution in [0.1, 0.15) is 36.8 Å². The van der Waals surface area contributed by atoms with Gasteiger partial charge in [-0.15, -0.1) is 0 Å². The van der Waals surface area contributed by atoms with Gasteiger partial charge in [0.15, 0.2) is 0 Å². The molecule has 0 atom stereocenters. The number of hydrogen-bond donors (Lipinski definition) is 2. The minimum atomic E-state index is -0.0191. The van der Waals surface area contributed by atoms with E-state index in [0.717, 1.165) is 12.1 Å². The number of aromatic nitrogens is 1. The van der Waals surface area contributed by atoms with Gasteiger partial charge in [0.05, 0.1) is 6.61 Å². The van der Waals surface area contributed by atoms with Crippen LogP contribution in [0.4, 0.5) is 5.82 Å². The summed E-state index contributed by atoms with van der Waals surface area (Å²) in [4.78, 5) is 18.8. The van der Waals surface area contributed by atoms with E-state index in [1.807, 2.05) is 17.9 Å². The van der Waals surface area contributed by atoms with Crippen molar-refractivity contribution in [3.05, 3.63) is 23.4 Å². The van der Waals surface area contributed by atoms with Gasteiger partial charge in [0.1, 0.15) is 5.82 Å². The Kier molecular flexibility index (Phi) is 7.11. The number of anilines is 1. The fraction of sp³-hybridized carbons (Fsp3) is 0.600. The number of carbonyl (C=O) groups excluding carboxylic acids is 1. The molecule has 1 aromatic rings. The van der Waals surface area contributed by atoms with Crippen LogP contribution in [0.3, 0.4) is 0 Å². The van der Waals surface area contributed by atoms with Crippen molar-refractivity contribution in [1.29, 1.82) is 0 Å². The molecule has 0 radical (unpaired) electrons. The average Bonchev–Trinajstić information content (AvgIpc) is 2.49. The van der Waals surface area contributed by atoms with E-state index >= 15 is 0 Å². The number of carbonyl (C=O) groups is 1. The molecule has 0 spiro atoms. The molecule has 3 N–H and O–H groups in total. The van der Waals surface area contributed by atoms with E-state index in [-0.39, 0.29) is 5.91 Å². The maximum Gasteiger partial charge on any atom is 0.254 e. The number of nitrogens with two attached hydrogens (primary N) is 1. The molecule has 0 saturated heterocycles. The highest BCUT2D eigenvalue weighted by Gasteiger charge is 2.18. The number of nitrogen functional groups attached to an aromatic ring is 1. The molecule has 1 rings (SSSR count). The lowest BCUT2D eigenvalue weighted by molar-refractivity contribution is 0.0672. The van der Waals surface area contributed by atoms with Crippen LogP contribution in [0.15, 0.2) is 12.1 Å². The van der Waals surface area contributed by atoms with Crippen LogP contribution in [-0.4, -0.2) is 42.6 Å². The molecule has 1 heterocycles. The third kappa shape index (κ3) is 5.32. The maximum absolute atomic E-state index is 12.7. The Bertz CT molecular complexity index is 441. The largest absolute Gasteiger partial charge is 0.383 e. The molecule has 118 valence electrons. The first-order chi connectivity index (χ1) is 10.0. The molecule has 21 heavy (non-hydrogen) atoms. The monoisotopic (exact) mass is 294 g/mol. The van der Waals surface area contributed by atoms with Crippen molar-refractivity contribution in [2.24, 2.45) is 11.8 Å². The SMILES string of the molecule is CCc1cc(C(=O)N(CCOC)CC(C)C)cc(NN)n1. The third-order valence-corrected chi connectivity index (χ3v) is 3.07. The fourth-order valence-electron chi connectivity index (χ4n) is 2.07. The Morgan fingerprint density at radius 3 is 2.71 bits per heavy atom. The lowest BCUT2D eigenvalue weighted by Crippen LogP contribution is -2.37. The summed E-state index contributed by atoms with van der Waals surface area (Å²) in [6, 6.07) is 3.50. The summed E-state index contributed by atoms with van der Waals surface area (Å²) in [6.07, 6.45) is 0.748. The van der Waals surface area contributed by atoms with Gasteiger partial charge < -0.3 is 15.1 Å². The number of hydrazine groups is 1. The smallest absolute Gasteiger partial charge is 0.254 e. The summed E-state index contributed by atoms with van der Waals surface area (Å²) in [7, 11) is 1.64. The van der Waals surface area contributed by atoms with Gasteiger partial charge in [-0.1, -0.05) is 20.8 Å². The van der Waals surface area contributed by atoms with E-state index < -0.39 is 0 Å². The lowest BCUT2D eigenvalue weighted by Gasteiger charge is -2.24. The number of ether oxygens (including phenoxy) is 1. The first-order valence-electron chi connectivity index (χ1n) is 7.27. The van der Waals surface area contributed by atoms with Crippen molar-refractivity contribution >= 4 is 11.7 Å². The number of rotatable bonds is 8. The summed E-state index contributed by atoms with van der Waals surface area (Å²) >= 11 is 0. The summed E-state index contributed by atoms with van der Waals surface area (Å²) in [5.74, 6) is 6.31. The second-order valence-electron chi connectivity index (χ2n) is 5.37. The van der Waals surface area contributed by atoms with Crippen LogP contribution >= 0.6 is 0 Å². The van der Waals surface area contributed by atoms with Crippen LogP contribution in [0.5, 0.6) is 0 Å². The molecule has 0 unspecified atom stereocenters. The van der Waals surface area contributed by atoms with Gasteiger partial charge in [0, 0.05) is 31.5 Å². The van der Waals surface area contributed by atoms with E-state index in [1.165, 1.54) is 0 Å². The van der Waals surface area contributed by atoms with Gasteiger partial charge >= 0.3 is 0 Å². The second-order valence-corrected chi connectivity index (χ2v) is 5.37.